The minimum absolute atomic E-state index is 0.0311. The average Bonchev–Trinajstić information content (AvgIpc) is 3.05. The van der Waals surface area contributed by atoms with Crippen LogP contribution in [0.3, 0.4) is 0 Å². The molecule has 4 rings (SSSR count). The Labute approximate surface area is 217 Å². The molecule has 1 aliphatic rings. The van der Waals surface area contributed by atoms with Crippen LogP contribution in [-0.4, -0.2) is 33.9 Å². The number of carbonyl (C=O) groups excluding carboxylic acids is 3. The second-order valence-corrected chi connectivity index (χ2v) is 9.14. The van der Waals surface area contributed by atoms with Crippen molar-refractivity contribution in [3.05, 3.63) is 94.3 Å². The van der Waals surface area contributed by atoms with Gasteiger partial charge in [-0.1, -0.05) is 35.4 Å². The number of hydrazine groups is 1. The molecular formula is C26H22ClFN4O3S. The lowest BCUT2D eigenvalue weighted by atomic mass is 10.1. The van der Waals surface area contributed by atoms with Gasteiger partial charge >= 0.3 is 0 Å². The molecule has 1 atom stereocenters. The van der Waals surface area contributed by atoms with E-state index in [0.29, 0.717) is 16.4 Å². The van der Waals surface area contributed by atoms with E-state index < -0.39 is 29.6 Å². The molecule has 3 amide bonds. The average molecular weight is 525 g/mol. The number of anilines is 2. The lowest BCUT2D eigenvalue weighted by Gasteiger charge is -2.24. The highest BCUT2D eigenvalue weighted by Gasteiger charge is 2.45. The van der Waals surface area contributed by atoms with Gasteiger partial charge in [-0.3, -0.25) is 24.7 Å². The van der Waals surface area contributed by atoms with Gasteiger partial charge in [-0.2, -0.15) is 0 Å². The second-order valence-electron chi connectivity index (χ2n) is 8.34. The van der Waals surface area contributed by atoms with E-state index >= 15 is 0 Å². The normalized spacial score (nSPS) is 15.3. The predicted molar refractivity (Wildman–Crippen MR) is 140 cm³/mol. The molecule has 3 aromatic rings. The molecule has 3 aromatic carbocycles. The Kier molecular flexibility index (Phi) is 7.32. The van der Waals surface area contributed by atoms with Crippen molar-refractivity contribution in [1.82, 2.24) is 10.4 Å². The number of halogens is 2. The Bertz CT molecular complexity index is 1370. The standard InChI is InChI=1S/C26H22ClFN4O3S/c1-15-6-11-21(16(2)12-15)29-23(33)14-22-25(35)31(20-9-7-18(27)8-10-20)26(36)32(22)30-24(34)17-4-3-5-19(28)13-17/h3-13,22H,14H2,1-2H3,(H,29,33)(H,30,34)/t22-/m0/s1. The number of thiocarbonyl (C=S) groups is 1. The van der Waals surface area contributed by atoms with E-state index in [-0.39, 0.29) is 17.1 Å². The molecule has 0 saturated carbocycles. The summed E-state index contributed by atoms with van der Waals surface area (Å²) in [5, 5.41) is 4.42. The molecule has 36 heavy (non-hydrogen) atoms. The number of benzene rings is 3. The van der Waals surface area contributed by atoms with Gasteiger partial charge in [-0.05, 0) is 80.2 Å². The van der Waals surface area contributed by atoms with Crippen molar-refractivity contribution in [2.24, 2.45) is 0 Å². The van der Waals surface area contributed by atoms with Crippen molar-refractivity contribution in [2.45, 2.75) is 26.3 Å². The van der Waals surface area contributed by atoms with Crippen molar-refractivity contribution >= 4 is 58.0 Å². The number of hydrogen-bond acceptors (Lipinski definition) is 4. The van der Waals surface area contributed by atoms with Crippen LogP contribution in [0.15, 0.2) is 66.7 Å². The first-order valence-corrected chi connectivity index (χ1v) is 11.8. The summed E-state index contributed by atoms with van der Waals surface area (Å²) in [6.45, 7) is 3.81. The summed E-state index contributed by atoms with van der Waals surface area (Å²) in [5.41, 5.74) is 5.57. The first kappa shape index (κ1) is 25.3. The Balaban J connectivity index is 1.61. The predicted octanol–water partition coefficient (Wildman–Crippen LogP) is 4.77. The number of rotatable bonds is 6. The largest absolute Gasteiger partial charge is 0.326 e. The quantitative estimate of drug-likeness (QED) is 0.454. The van der Waals surface area contributed by atoms with Gasteiger partial charge in [0.1, 0.15) is 11.9 Å². The van der Waals surface area contributed by atoms with Gasteiger partial charge in [0.15, 0.2) is 0 Å². The van der Waals surface area contributed by atoms with Crippen molar-refractivity contribution in [3.63, 3.8) is 0 Å². The molecule has 0 aliphatic carbocycles. The van der Waals surface area contributed by atoms with Gasteiger partial charge in [0.2, 0.25) is 11.0 Å². The third kappa shape index (κ3) is 5.37. The van der Waals surface area contributed by atoms with Gasteiger partial charge < -0.3 is 5.32 Å². The topological polar surface area (TPSA) is 81.8 Å². The number of amides is 3. The van der Waals surface area contributed by atoms with Crippen LogP contribution in [0, 0.1) is 19.7 Å². The van der Waals surface area contributed by atoms with E-state index in [1.54, 1.807) is 30.3 Å². The first-order chi connectivity index (χ1) is 17.1. The molecule has 7 nitrogen and oxygen atoms in total. The lowest BCUT2D eigenvalue weighted by Crippen LogP contribution is -2.49. The summed E-state index contributed by atoms with van der Waals surface area (Å²) in [6.07, 6.45) is -0.292. The zero-order valence-electron chi connectivity index (χ0n) is 19.4. The zero-order chi connectivity index (χ0) is 26.0. The molecule has 10 heteroatoms. The smallest absolute Gasteiger partial charge is 0.269 e. The number of nitrogens with one attached hydrogen (secondary N) is 2. The molecule has 0 unspecified atom stereocenters. The van der Waals surface area contributed by atoms with Crippen LogP contribution in [0.5, 0.6) is 0 Å². The van der Waals surface area contributed by atoms with E-state index in [1.807, 2.05) is 26.0 Å². The van der Waals surface area contributed by atoms with Crippen molar-refractivity contribution < 1.29 is 18.8 Å². The molecule has 0 spiro atoms. The third-order valence-corrected chi connectivity index (χ3v) is 6.27. The van der Waals surface area contributed by atoms with Crippen LogP contribution in [0.1, 0.15) is 27.9 Å². The Morgan fingerprint density at radius 3 is 2.44 bits per heavy atom. The number of aryl methyl sites for hydroxylation is 2. The van der Waals surface area contributed by atoms with Gasteiger partial charge in [-0.15, -0.1) is 0 Å². The van der Waals surface area contributed by atoms with Crippen LogP contribution in [0.2, 0.25) is 5.02 Å². The molecule has 1 fully saturated rings. The maximum Gasteiger partial charge on any atom is 0.269 e. The Morgan fingerprint density at radius 2 is 1.78 bits per heavy atom. The maximum absolute atomic E-state index is 13.7. The molecule has 0 bridgehead atoms. The van der Waals surface area contributed by atoms with Crippen molar-refractivity contribution in [3.8, 4) is 0 Å². The summed E-state index contributed by atoms with van der Waals surface area (Å²) >= 11 is 11.5. The van der Waals surface area contributed by atoms with Crippen molar-refractivity contribution in [2.75, 3.05) is 10.2 Å². The zero-order valence-corrected chi connectivity index (χ0v) is 21.0. The third-order valence-electron chi connectivity index (χ3n) is 5.64. The fourth-order valence-electron chi connectivity index (χ4n) is 3.86. The van der Waals surface area contributed by atoms with E-state index in [1.165, 1.54) is 28.1 Å². The molecule has 1 aliphatic heterocycles. The number of hydrogen-bond donors (Lipinski definition) is 2. The van der Waals surface area contributed by atoms with Crippen molar-refractivity contribution in [1.29, 1.82) is 0 Å². The fraction of sp³-hybridized carbons (Fsp3) is 0.154. The molecular weight excluding hydrogens is 503 g/mol. The van der Waals surface area contributed by atoms with Crippen LogP contribution in [0.25, 0.3) is 0 Å². The maximum atomic E-state index is 13.7. The molecule has 2 N–H and O–H groups in total. The van der Waals surface area contributed by atoms with Crippen LogP contribution in [0.4, 0.5) is 15.8 Å². The van der Waals surface area contributed by atoms with Gasteiger partial charge in [-0.25, -0.2) is 9.40 Å². The number of carbonyl (C=O) groups is 3. The molecule has 1 heterocycles. The first-order valence-electron chi connectivity index (χ1n) is 11.0. The minimum atomic E-state index is -1.13. The summed E-state index contributed by atoms with van der Waals surface area (Å²) in [7, 11) is 0. The van der Waals surface area contributed by atoms with Crippen LogP contribution < -0.4 is 15.6 Å². The van der Waals surface area contributed by atoms with Gasteiger partial charge in [0, 0.05) is 16.3 Å². The summed E-state index contributed by atoms with van der Waals surface area (Å²) in [4.78, 5) is 40.5. The Morgan fingerprint density at radius 1 is 1.06 bits per heavy atom. The summed E-state index contributed by atoms with van der Waals surface area (Å²) in [6, 6.07) is 16.0. The Hall–Kier alpha value is -3.82. The van der Waals surface area contributed by atoms with E-state index in [9.17, 15) is 18.8 Å². The van der Waals surface area contributed by atoms with Gasteiger partial charge in [0.05, 0.1) is 12.1 Å². The minimum Gasteiger partial charge on any atom is -0.326 e. The fourth-order valence-corrected chi connectivity index (χ4v) is 4.36. The van der Waals surface area contributed by atoms with E-state index in [2.05, 4.69) is 10.7 Å². The SMILES string of the molecule is Cc1ccc(NC(=O)C[C@H]2C(=O)N(c3ccc(Cl)cc3)C(=S)N2NC(=O)c2cccc(F)c2)c(C)c1. The number of nitrogens with zero attached hydrogens (tertiary/aromatic N) is 2. The van der Waals surface area contributed by atoms with Crippen LogP contribution in [-0.2, 0) is 9.59 Å². The highest BCUT2D eigenvalue weighted by atomic mass is 35.5. The molecule has 184 valence electrons. The summed E-state index contributed by atoms with van der Waals surface area (Å²) < 4.78 is 13.7. The van der Waals surface area contributed by atoms with Crippen LogP contribution >= 0.6 is 23.8 Å². The lowest BCUT2D eigenvalue weighted by molar-refractivity contribution is -0.124. The monoisotopic (exact) mass is 524 g/mol. The summed E-state index contributed by atoms with van der Waals surface area (Å²) in [5.74, 6) is -2.21. The van der Waals surface area contributed by atoms with Gasteiger partial charge in [0.25, 0.3) is 11.8 Å². The van der Waals surface area contributed by atoms with E-state index in [0.717, 1.165) is 17.2 Å². The highest BCUT2D eigenvalue weighted by Crippen LogP contribution is 2.28. The second kappa shape index (κ2) is 10.4. The molecule has 0 aromatic heterocycles. The highest BCUT2D eigenvalue weighted by molar-refractivity contribution is 7.80. The molecule has 0 radical (unpaired) electrons. The molecule has 1 saturated heterocycles. The van der Waals surface area contributed by atoms with E-state index in [4.69, 9.17) is 23.8 Å².